The van der Waals surface area contributed by atoms with Crippen LogP contribution >= 0.6 is 0 Å². The molecule has 1 amide bonds. The molecule has 0 aliphatic rings. The van der Waals surface area contributed by atoms with Crippen LogP contribution in [-0.4, -0.2) is 46.6 Å². The third-order valence-corrected chi connectivity index (χ3v) is 4.40. The minimum atomic E-state index is -5.07. The molecule has 0 saturated carbocycles. The number of benzene rings is 1. The molecule has 30 heavy (non-hydrogen) atoms. The van der Waals surface area contributed by atoms with Gasteiger partial charge in [-0.15, -0.1) is 0 Å². The van der Waals surface area contributed by atoms with Gasteiger partial charge in [0, 0.05) is 32.6 Å². The molecular formula is C20H26F3N3O4. The number of ether oxygens (including phenoxy) is 2. The number of imidazole rings is 1. The van der Waals surface area contributed by atoms with Crippen molar-refractivity contribution in [1.82, 2.24) is 14.9 Å². The minimum Gasteiger partial charge on any atom is -0.379 e. The van der Waals surface area contributed by atoms with E-state index in [4.69, 9.17) is 9.47 Å². The molecule has 1 aromatic heterocycles. The highest BCUT2D eigenvalue weighted by Crippen LogP contribution is 2.40. The minimum absolute atomic E-state index is 0.0140. The number of carbonyl (C=O) groups is 1. The Morgan fingerprint density at radius 3 is 2.57 bits per heavy atom. The number of halogens is 3. The maximum absolute atomic E-state index is 13.5. The zero-order valence-electron chi connectivity index (χ0n) is 16.9. The van der Waals surface area contributed by atoms with E-state index in [9.17, 15) is 23.1 Å². The van der Waals surface area contributed by atoms with Gasteiger partial charge >= 0.3 is 6.18 Å². The van der Waals surface area contributed by atoms with Crippen molar-refractivity contribution in [1.29, 1.82) is 0 Å². The zero-order chi connectivity index (χ0) is 22.2. The second-order valence-electron chi connectivity index (χ2n) is 6.74. The first kappa shape index (κ1) is 23.8. The van der Waals surface area contributed by atoms with Gasteiger partial charge in [-0.3, -0.25) is 4.79 Å². The molecule has 166 valence electrons. The van der Waals surface area contributed by atoms with Gasteiger partial charge in [-0.25, -0.2) is 4.98 Å². The highest BCUT2D eigenvalue weighted by atomic mass is 19.4. The largest absolute Gasteiger partial charge is 0.425 e. The van der Waals surface area contributed by atoms with Crippen molar-refractivity contribution < 1.29 is 32.5 Å². The number of nitrogens with zero attached hydrogens (tertiary/aromatic N) is 2. The number of amides is 1. The number of hydrogen-bond acceptors (Lipinski definition) is 5. The van der Waals surface area contributed by atoms with E-state index >= 15 is 0 Å². The number of alkyl halides is 3. The van der Waals surface area contributed by atoms with Gasteiger partial charge in [0.2, 0.25) is 11.5 Å². The van der Waals surface area contributed by atoms with Crippen molar-refractivity contribution in [3.05, 3.63) is 53.6 Å². The lowest BCUT2D eigenvalue weighted by molar-refractivity contribution is -0.271. The summed E-state index contributed by atoms with van der Waals surface area (Å²) >= 11 is 0. The van der Waals surface area contributed by atoms with Crippen LogP contribution in [0.2, 0.25) is 0 Å². The number of rotatable bonds is 11. The Bertz CT molecular complexity index is 826. The lowest BCUT2D eigenvalue weighted by Crippen LogP contribution is -2.47. The highest BCUT2D eigenvalue weighted by molar-refractivity contribution is 5.77. The summed E-state index contributed by atoms with van der Waals surface area (Å²) in [5.74, 6) is -1.59. The molecule has 2 N–H and O–H groups in total. The Kier molecular flexibility index (Phi) is 8.39. The Hall–Kier alpha value is -2.43. The van der Waals surface area contributed by atoms with Gasteiger partial charge in [0.15, 0.2) is 5.82 Å². The molecule has 0 aliphatic carbocycles. The van der Waals surface area contributed by atoms with Crippen LogP contribution < -0.4 is 5.32 Å². The molecule has 0 bridgehead atoms. The number of aromatic nitrogens is 2. The van der Waals surface area contributed by atoms with Crippen LogP contribution in [0.5, 0.6) is 0 Å². The Labute approximate surface area is 172 Å². The van der Waals surface area contributed by atoms with Gasteiger partial charge < -0.3 is 24.5 Å². The van der Waals surface area contributed by atoms with Crippen molar-refractivity contribution in [3.63, 3.8) is 0 Å². The van der Waals surface area contributed by atoms with E-state index in [1.165, 1.54) is 13.2 Å². The summed E-state index contributed by atoms with van der Waals surface area (Å²) in [4.78, 5) is 15.8. The summed E-state index contributed by atoms with van der Waals surface area (Å²) in [6, 6.07) is 7.13. The van der Waals surface area contributed by atoms with Gasteiger partial charge in [0.05, 0.1) is 26.2 Å². The Morgan fingerprint density at radius 2 is 1.93 bits per heavy atom. The summed E-state index contributed by atoms with van der Waals surface area (Å²) in [6.45, 7) is 3.80. The van der Waals surface area contributed by atoms with Crippen LogP contribution in [0, 0.1) is 0 Å². The molecule has 0 saturated heterocycles. The highest BCUT2D eigenvalue weighted by Gasteiger charge is 2.58. The fraction of sp³-hybridized carbons (Fsp3) is 0.500. The number of nitrogens with one attached hydrogen (secondary N) is 1. The summed E-state index contributed by atoms with van der Waals surface area (Å²) in [5.41, 5.74) is -1.83. The maximum atomic E-state index is 13.5. The van der Waals surface area contributed by atoms with E-state index in [1.54, 1.807) is 18.2 Å². The molecule has 1 unspecified atom stereocenters. The van der Waals surface area contributed by atoms with E-state index in [1.807, 2.05) is 13.0 Å². The monoisotopic (exact) mass is 429 g/mol. The van der Waals surface area contributed by atoms with Crippen LogP contribution in [0.4, 0.5) is 13.2 Å². The summed E-state index contributed by atoms with van der Waals surface area (Å²) in [7, 11) is 1.32. The quantitative estimate of drug-likeness (QED) is 0.536. The Balaban J connectivity index is 1.95. The van der Waals surface area contributed by atoms with E-state index in [2.05, 4.69) is 10.3 Å². The molecule has 1 aromatic carbocycles. The van der Waals surface area contributed by atoms with Crippen LogP contribution in [0.1, 0.15) is 30.3 Å². The predicted molar refractivity (Wildman–Crippen MR) is 102 cm³/mol. The summed E-state index contributed by atoms with van der Waals surface area (Å²) < 4.78 is 52.2. The van der Waals surface area contributed by atoms with Gasteiger partial charge in [-0.05, 0) is 18.1 Å². The van der Waals surface area contributed by atoms with Gasteiger partial charge in [0.1, 0.15) is 0 Å². The van der Waals surface area contributed by atoms with Crippen LogP contribution in [0.15, 0.2) is 36.7 Å². The van der Waals surface area contributed by atoms with Crippen LogP contribution in [0.3, 0.4) is 0 Å². The van der Waals surface area contributed by atoms with Crippen molar-refractivity contribution in [3.8, 4) is 0 Å². The molecule has 0 aliphatic heterocycles. The number of aryl methyl sites for hydroxylation is 1. The molecule has 2 aromatic rings. The Morgan fingerprint density at radius 1 is 1.23 bits per heavy atom. The molecule has 0 fully saturated rings. The fourth-order valence-electron chi connectivity index (χ4n) is 2.85. The molecular weight excluding hydrogens is 403 g/mol. The molecule has 0 spiro atoms. The topological polar surface area (TPSA) is 85.6 Å². The van der Waals surface area contributed by atoms with Gasteiger partial charge in [-0.1, -0.05) is 24.3 Å². The van der Waals surface area contributed by atoms with Crippen LogP contribution in [-0.2, 0) is 40.1 Å². The molecule has 2 rings (SSSR count). The first-order valence-electron chi connectivity index (χ1n) is 9.44. The normalized spacial score (nSPS) is 13.8. The van der Waals surface area contributed by atoms with E-state index < -0.39 is 29.9 Å². The van der Waals surface area contributed by atoms with Crippen molar-refractivity contribution in [2.24, 2.45) is 7.05 Å². The molecule has 0 radical (unpaired) electrons. The molecule has 7 nitrogen and oxygen atoms in total. The predicted octanol–water partition coefficient (Wildman–Crippen LogP) is 2.43. The smallest absolute Gasteiger partial charge is 0.379 e. The first-order chi connectivity index (χ1) is 14.2. The maximum Gasteiger partial charge on any atom is 0.425 e. The molecule has 1 atom stereocenters. The second-order valence-corrected chi connectivity index (χ2v) is 6.74. The first-order valence-corrected chi connectivity index (χ1v) is 9.44. The number of hydrogen-bond donors (Lipinski definition) is 2. The van der Waals surface area contributed by atoms with E-state index in [-0.39, 0.29) is 6.54 Å². The average Bonchev–Trinajstić information content (AvgIpc) is 3.12. The van der Waals surface area contributed by atoms with Gasteiger partial charge in [0.25, 0.3) is 0 Å². The van der Waals surface area contributed by atoms with Gasteiger partial charge in [-0.2, -0.15) is 13.2 Å². The molecule has 1 heterocycles. The third kappa shape index (κ3) is 6.28. The SMILES string of the molecule is CCOCCOCc1cccc(CNC(=O)CC(O)(c2nccn2C)C(F)(F)F)c1. The second kappa shape index (κ2) is 10.6. The lowest BCUT2D eigenvalue weighted by Gasteiger charge is -2.29. The van der Waals surface area contributed by atoms with Crippen molar-refractivity contribution in [2.45, 2.75) is 38.3 Å². The standard InChI is InChI=1S/C20H26F3N3O4/c1-3-29-9-10-30-14-16-6-4-5-15(11-16)13-25-17(27)12-19(28,20(21,22)23)18-24-7-8-26(18)2/h4-8,11,28H,3,9-10,12-14H2,1-2H3,(H,25,27). The third-order valence-electron chi connectivity index (χ3n) is 4.40. The lowest BCUT2D eigenvalue weighted by atomic mass is 9.97. The number of carbonyl (C=O) groups excluding carboxylic acids is 1. The molecule has 10 heteroatoms. The van der Waals surface area contributed by atoms with Crippen molar-refractivity contribution >= 4 is 5.91 Å². The summed E-state index contributed by atoms with van der Waals surface area (Å²) in [5, 5.41) is 12.7. The van der Waals surface area contributed by atoms with Crippen molar-refractivity contribution in [2.75, 3.05) is 19.8 Å². The van der Waals surface area contributed by atoms with E-state index in [0.717, 1.165) is 16.3 Å². The van der Waals surface area contributed by atoms with E-state index in [0.29, 0.717) is 32.0 Å². The van der Waals surface area contributed by atoms with Crippen LogP contribution in [0.25, 0.3) is 0 Å². The zero-order valence-corrected chi connectivity index (χ0v) is 16.9. The fourth-order valence-corrected chi connectivity index (χ4v) is 2.85. The summed E-state index contributed by atoms with van der Waals surface area (Å²) in [6.07, 6.45) is -3.86. The number of aliphatic hydroxyl groups is 1. The average molecular weight is 429 g/mol.